The molecule has 0 saturated carbocycles. The van der Waals surface area contributed by atoms with Crippen LogP contribution in [0.2, 0.25) is 0 Å². The van der Waals surface area contributed by atoms with Gasteiger partial charge < -0.3 is 15.1 Å². The van der Waals surface area contributed by atoms with E-state index in [1.54, 1.807) is 24.3 Å². The van der Waals surface area contributed by atoms with Crippen molar-refractivity contribution in [3.8, 4) is 0 Å². The van der Waals surface area contributed by atoms with E-state index in [2.05, 4.69) is 5.32 Å². The van der Waals surface area contributed by atoms with Crippen LogP contribution >= 0.6 is 0 Å². The van der Waals surface area contributed by atoms with Gasteiger partial charge in [-0.25, -0.2) is 0 Å². The van der Waals surface area contributed by atoms with Gasteiger partial charge in [0, 0.05) is 37.4 Å². The molecule has 0 aliphatic carbocycles. The normalized spacial score (nSPS) is 15.3. The van der Waals surface area contributed by atoms with Crippen LogP contribution in [-0.2, 0) is 6.18 Å². The van der Waals surface area contributed by atoms with Gasteiger partial charge in [0.25, 0.3) is 11.8 Å². The van der Waals surface area contributed by atoms with Gasteiger partial charge >= 0.3 is 6.18 Å². The largest absolute Gasteiger partial charge is 0.417 e. The van der Waals surface area contributed by atoms with Gasteiger partial charge in [0.05, 0.1) is 11.1 Å². The molecular weight excluding hydrogens is 383 g/mol. The minimum Gasteiger partial charge on any atom is -0.336 e. The zero-order valence-corrected chi connectivity index (χ0v) is 16.2. The summed E-state index contributed by atoms with van der Waals surface area (Å²) in [7, 11) is 1.90. The highest BCUT2D eigenvalue weighted by Crippen LogP contribution is 2.34. The number of hydrogen-bond acceptors (Lipinski definition) is 3. The Balaban J connectivity index is 1.85. The predicted octanol–water partition coefficient (Wildman–Crippen LogP) is 3.65. The van der Waals surface area contributed by atoms with Crippen molar-refractivity contribution in [3.63, 3.8) is 0 Å². The molecule has 1 saturated heterocycles. The molecule has 29 heavy (non-hydrogen) atoms. The standard InChI is InChI=1S/C21H22F3N3O2/c1-14-3-5-15(6-4-14)19(28)25-16-7-8-17(18(13-16)21(22,23)24)20(29)27-11-9-26(2)10-12-27/h3-8,13H,9-12H2,1-2H3,(H,25,28). The Bertz CT molecular complexity index is 902. The van der Waals surface area contributed by atoms with Gasteiger partial charge in [-0.15, -0.1) is 0 Å². The third-order valence-electron chi connectivity index (χ3n) is 4.92. The number of alkyl halides is 3. The van der Waals surface area contributed by atoms with Crippen LogP contribution in [0.15, 0.2) is 42.5 Å². The van der Waals surface area contributed by atoms with E-state index >= 15 is 0 Å². The number of nitrogens with one attached hydrogen (secondary N) is 1. The number of piperazine rings is 1. The van der Waals surface area contributed by atoms with Crippen molar-refractivity contribution >= 4 is 17.5 Å². The molecule has 0 spiro atoms. The van der Waals surface area contributed by atoms with E-state index < -0.39 is 29.1 Å². The second-order valence-corrected chi connectivity index (χ2v) is 7.17. The quantitative estimate of drug-likeness (QED) is 0.848. The van der Waals surface area contributed by atoms with E-state index in [0.717, 1.165) is 17.7 Å². The van der Waals surface area contributed by atoms with Crippen LogP contribution in [0.25, 0.3) is 0 Å². The number of aryl methyl sites for hydroxylation is 1. The molecule has 1 aliphatic rings. The Morgan fingerprint density at radius 1 is 0.966 bits per heavy atom. The first-order valence-electron chi connectivity index (χ1n) is 9.22. The maximum absolute atomic E-state index is 13.6. The number of halogens is 3. The Morgan fingerprint density at radius 3 is 2.17 bits per heavy atom. The molecule has 0 aromatic heterocycles. The molecule has 1 fully saturated rings. The van der Waals surface area contributed by atoms with Crippen LogP contribution in [0.4, 0.5) is 18.9 Å². The fourth-order valence-corrected chi connectivity index (χ4v) is 3.13. The Labute approximate surface area is 167 Å². The first-order valence-corrected chi connectivity index (χ1v) is 9.22. The minimum atomic E-state index is -4.72. The van der Waals surface area contributed by atoms with Crippen LogP contribution in [0.5, 0.6) is 0 Å². The summed E-state index contributed by atoms with van der Waals surface area (Å²) in [4.78, 5) is 28.4. The van der Waals surface area contributed by atoms with Crippen LogP contribution in [0, 0.1) is 6.92 Å². The summed E-state index contributed by atoms with van der Waals surface area (Å²) < 4.78 is 40.9. The maximum Gasteiger partial charge on any atom is 0.417 e. The molecule has 5 nitrogen and oxygen atoms in total. The fraction of sp³-hybridized carbons (Fsp3) is 0.333. The second-order valence-electron chi connectivity index (χ2n) is 7.17. The van der Waals surface area contributed by atoms with Crippen LogP contribution < -0.4 is 5.32 Å². The second kappa shape index (κ2) is 8.24. The zero-order chi connectivity index (χ0) is 21.2. The fourth-order valence-electron chi connectivity index (χ4n) is 3.13. The van der Waals surface area contributed by atoms with Gasteiger partial charge in [0.2, 0.25) is 0 Å². The van der Waals surface area contributed by atoms with Gasteiger partial charge in [0.15, 0.2) is 0 Å². The minimum absolute atomic E-state index is 0.0159. The van der Waals surface area contributed by atoms with E-state index in [4.69, 9.17) is 0 Å². The molecule has 0 atom stereocenters. The van der Waals surface area contributed by atoms with E-state index in [9.17, 15) is 22.8 Å². The molecule has 154 valence electrons. The van der Waals surface area contributed by atoms with Crippen molar-refractivity contribution in [2.45, 2.75) is 13.1 Å². The van der Waals surface area contributed by atoms with Crippen molar-refractivity contribution in [2.24, 2.45) is 0 Å². The highest BCUT2D eigenvalue weighted by molar-refractivity contribution is 6.05. The Morgan fingerprint density at radius 2 is 1.59 bits per heavy atom. The number of carbonyl (C=O) groups is 2. The van der Waals surface area contributed by atoms with Gasteiger partial charge in [0.1, 0.15) is 0 Å². The van der Waals surface area contributed by atoms with Crippen LogP contribution in [-0.4, -0.2) is 54.8 Å². The number of carbonyl (C=O) groups excluding carboxylic acids is 2. The molecule has 0 unspecified atom stereocenters. The molecule has 0 radical (unpaired) electrons. The van der Waals surface area contributed by atoms with Crippen molar-refractivity contribution in [1.29, 1.82) is 0 Å². The predicted molar refractivity (Wildman–Crippen MR) is 104 cm³/mol. The van der Waals surface area contributed by atoms with Crippen molar-refractivity contribution in [3.05, 3.63) is 64.7 Å². The van der Waals surface area contributed by atoms with Gasteiger partial charge in [-0.1, -0.05) is 17.7 Å². The lowest BCUT2D eigenvalue weighted by Gasteiger charge is -2.33. The highest BCUT2D eigenvalue weighted by Gasteiger charge is 2.37. The van der Waals surface area contributed by atoms with E-state index in [1.165, 1.54) is 11.0 Å². The molecule has 1 heterocycles. The lowest BCUT2D eigenvalue weighted by Crippen LogP contribution is -2.47. The lowest BCUT2D eigenvalue weighted by atomic mass is 10.0. The average molecular weight is 405 g/mol. The summed E-state index contributed by atoms with van der Waals surface area (Å²) in [6.45, 7) is 3.83. The van der Waals surface area contributed by atoms with Crippen LogP contribution in [0.3, 0.4) is 0 Å². The Kier molecular flexibility index (Phi) is 5.93. The number of likely N-dealkylation sites (N-methyl/N-ethyl adjacent to an activating group) is 1. The summed E-state index contributed by atoms with van der Waals surface area (Å²) >= 11 is 0. The third kappa shape index (κ3) is 4.95. The molecular formula is C21H22F3N3O2. The smallest absolute Gasteiger partial charge is 0.336 e. The molecule has 2 amide bonds. The molecule has 1 N–H and O–H groups in total. The van der Waals surface area contributed by atoms with Crippen molar-refractivity contribution < 1.29 is 22.8 Å². The molecule has 1 aliphatic heterocycles. The summed E-state index contributed by atoms with van der Waals surface area (Å²) in [5.41, 5.74) is -0.175. The average Bonchev–Trinajstić information content (AvgIpc) is 2.68. The first-order chi connectivity index (χ1) is 13.6. The monoisotopic (exact) mass is 405 g/mol. The Hall–Kier alpha value is -2.87. The zero-order valence-electron chi connectivity index (χ0n) is 16.2. The van der Waals surface area contributed by atoms with Gasteiger partial charge in [-0.2, -0.15) is 13.2 Å². The summed E-state index contributed by atoms with van der Waals surface area (Å²) in [5.74, 6) is -1.17. The van der Waals surface area contributed by atoms with Crippen molar-refractivity contribution in [1.82, 2.24) is 9.80 Å². The van der Waals surface area contributed by atoms with Gasteiger partial charge in [-0.05, 0) is 44.3 Å². The number of nitrogens with zero attached hydrogens (tertiary/aromatic N) is 2. The molecule has 2 aromatic rings. The molecule has 3 rings (SSSR count). The van der Waals surface area contributed by atoms with Gasteiger partial charge in [-0.3, -0.25) is 9.59 Å². The van der Waals surface area contributed by atoms with E-state index in [1.807, 2.05) is 18.9 Å². The number of anilines is 1. The van der Waals surface area contributed by atoms with E-state index in [0.29, 0.717) is 31.7 Å². The number of amides is 2. The maximum atomic E-state index is 13.6. The molecule has 2 aromatic carbocycles. The summed E-state index contributed by atoms with van der Waals surface area (Å²) in [6.07, 6.45) is -4.72. The number of hydrogen-bond donors (Lipinski definition) is 1. The molecule has 0 bridgehead atoms. The number of benzene rings is 2. The van der Waals surface area contributed by atoms with Crippen LogP contribution in [0.1, 0.15) is 31.8 Å². The lowest BCUT2D eigenvalue weighted by molar-refractivity contribution is -0.138. The SMILES string of the molecule is Cc1ccc(C(=O)Nc2ccc(C(=O)N3CCN(C)CC3)c(C(F)(F)F)c2)cc1. The number of rotatable bonds is 3. The first kappa shape index (κ1) is 20.9. The third-order valence-corrected chi connectivity index (χ3v) is 4.92. The molecule has 8 heteroatoms. The topological polar surface area (TPSA) is 52.7 Å². The van der Waals surface area contributed by atoms with Crippen molar-refractivity contribution in [2.75, 3.05) is 38.5 Å². The summed E-state index contributed by atoms with van der Waals surface area (Å²) in [6, 6.07) is 9.96. The van der Waals surface area contributed by atoms with E-state index in [-0.39, 0.29) is 5.69 Å². The highest BCUT2D eigenvalue weighted by atomic mass is 19.4. The summed E-state index contributed by atoms with van der Waals surface area (Å²) in [5, 5.41) is 2.47.